The molecule has 130 valence electrons. The maximum atomic E-state index is 12.8. The van der Waals surface area contributed by atoms with Gasteiger partial charge in [0.25, 0.3) is 5.91 Å². The molecule has 0 aliphatic carbocycles. The van der Waals surface area contributed by atoms with Gasteiger partial charge in [-0.2, -0.15) is 0 Å². The molecule has 1 heterocycles. The molecule has 0 saturated heterocycles. The molecule has 0 aliphatic rings. The number of carbonyl (C=O) groups is 2. The van der Waals surface area contributed by atoms with Crippen LogP contribution in [0.25, 0.3) is 0 Å². The number of esters is 1. The van der Waals surface area contributed by atoms with E-state index < -0.39 is 18.0 Å². The number of anilines is 1. The third kappa shape index (κ3) is 4.33. The van der Waals surface area contributed by atoms with Crippen molar-refractivity contribution in [3.63, 3.8) is 0 Å². The summed E-state index contributed by atoms with van der Waals surface area (Å²) >= 11 is 0. The third-order valence-corrected chi connectivity index (χ3v) is 3.76. The molecule has 1 amide bonds. The zero-order valence-corrected chi connectivity index (χ0v) is 14.3. The van der Waals surface area contributed by atoms with E-state index in [1.165, 1.54) is 6.20 Å². The number of carbonyl (C=O) groups excluding carboxylic acids is 2. The topological polar surface area (TPSA) is 68.3 Å². The first-order valence-electron chi connectivity index (χ1n) is 8.18. The van der Waals surface area contributed by atoms with Crippen molar-refractivity contribution < 1.29 is 14.3 Å². The van der Waals surface area contributed by atoms with E-state index in [0.717, 1.165) is 5.56 Å². The van der Waals surface area contributed by atoms with Crippen LogP contribution in [-0.2, 0) is 9.53 Å². The SMILES string of the molecule is Cc1ccc(NC(=O)[C@@H](OC(=O)c2ccccn2)c2ccccc2)cc1. The molecule has 26 heavy (non-hydrogen) atoms. The van der Waals surface area contributed by atoms with Gasteiger partial charge in [0.15, 0.2) is 0 Å². The van der Waals surface area contributed by atoms with Gasteiger partial charge in [0, 0.05) is 17.4 Å². The van der Waals surface area contributed by atoms with Crippen molar-refractivity contribution in [3.8, 4) is 0 Å². The fourth-order valence-electron chi connectivity index (χ4n) is 2.40. The van der Waals surface area contributed by atoms with Crippen LogP contribution in [0.1, 0.15) is 27.7 Å². The predicted molar refractivity (Wildman–Crippen MR) is 98.6 cm³/mol. The number of hydrogen-bond donors (Lipinski definition) is 1. The molecule has 5 heteroatoms. The molecule has 3 rings (SSSR count). The first-order valence-corrected chi connectivity index (χ1v) is 8.18. The lowest BCUT2D eigenvalue weighted by atomic mass is 10.1. The number of pyridine rings is 1. The Morgan fingerprint density at radius 1 is 0.923 bits per heavy atom. The number of ether oxygens (including phenoxy) is 1. The zero-order valence-electron chi connectivity index (χ0n) is 14.3. The molecule has 1 atom stereocenters. The third-order valence-electron chi connectivity index (χ3n) is 3.76. The Hall–Kier alpha value is -3.47. The van der Waals surface area contributed by atoms with Crippen LogP contribution in [0.4, 0.5) is 5.69 Å². The van der Waals surface area contributed by atoms with Crippen LogP contribution in [-0.4, -0.2) is 16.9 Å². The fourth-order valence-corrected chi connectivity index (χ4v) is 2.40. The van der Waals surface area contributed by atoms with Gasteiger partial charge in [0.1, 0.15) is 5.69 Å². The van der Waals surface area contributed by atoms with E-state index in [1.807, 2.05) is 25.1 Å². The molecule has 0 radical (unpaired) electrons. The van der Waals surface area contributed by atoms with E-state index in [9.17, 15) is 9.59 Å². The summed E-state index contributed by atoms with van der Waals surface area (Å²) in [6.45, 7) is 1.97. The molecule has 0 spiro atoms. The largest absolute Gasteiger partial charge is 0.443 e. The second-order valence-electron chi connectivity index (χ2n) is 5.77. The summed E-state index contributed by atoms with van der Waals surface area (Å²) in [6, 6.07) is 21.2. The van der Waals surface area contributed by atoms with Gasteiger partial charge in [-0.05, 0) is 31.2 Å². The van der Waals surface area contributed by atoms with Gasteiger partial charge < -0.3 is 10.1 Å². The summed E-state index contributed by atoms with van der Waals surface area (Å²) in [5.74, 6) is -1.08. The van der Waals surface area contributed by atoms with Gasteiger partial charge in [-0.3, -0.25) is 4.79 Å². The van der Waals surface area contributed by atoms with Gasteiger partial charge in [-0.25, -0.2) is 9.78 Å². The normalized spacial score (nSPS) is 11.4. The van der Waals surface area contributed by atoms with Gasteiger partial charge in [-0.1, -0.05) is 54.1 Å². The van der Waals surface area contributed by atoms with E-state index in [-0.39, 0.29) is 5.69 Å². The smallest absolute Gasteiger partial charge is 0.358 e. The molecule has 0 aliphatic heterocycles. The van der Waals surface area contributed by atoms with E-state index in [2.05, 4.69) is 10.3 Å². The Balaban J connectivity index is 1.82. The standard InChI is InChI=1S/C21H18N2O3/c1-15-10-12-17(13-11-15)23-20(24)19(16-7-3-2-4-8-16)26-21(25)18-9-5-6-14-22-18/h2-14,19H,1H3,(H,23,24)/t19-/m0/s1. The van der Waals surface area contributed by atoms with Crippen LogP contribution >= 0.6 is 0 Å². The molecule has 1 aromatic heterocycles. The van der Waals surface area contributed by atoms with Crippen LogP contribution in [0.5, 0.6) is 0 Å². The van der Waals surface area contributed by atoms with Crippen molar-refractivity contribution >= 4 is 17.6 Å². The van der Waals surface area contributed by atoms with E-state index in [4.69, 9.17) is 4.74 Å². The van der Waals surface area contributed by atoms with Crippen LogP contribution in [0.15, 0.2) is 79.0 Å². The quantitative estimate of drug-likeness (QED) is 0.711. The van der Waals surface area contributed by atoms with Crippen molar-refractivity contribution in [1.29, 1.82) is 0 Å². The number of nitrogens with zero attached hydrogens (tertiary/aromatic N) is 1. The molecule has 0 bridgehead atoms. The number of rotatable bonds is 5. The van der Waals surface area contributed by atoms with Crippen LogP contribution in [0, 0.1) is 6.92 Å². The highest BCUT2D eigenvalue weighted by Crippen LogP contribution is 2.21. The molecule has 0 fully saturated rings. The fraction of sp³-hybridized carbons (Fsp3) is 0.0952. The average Bonchev–Trinajstić information content (AvgIpc) is 2.69. The van der Waals surface area contributed by atoms with Gasteiger partial charge in [0.2, 0.25) is 6.10 Å². The highest BCUT2D eigenvalue weighted by atomic mass is 16.5. The number of nitrogens with one attached hydrogen (secondary N) is 1. The van der Waals surface area contributed by atoms with E-state index >= 15 is 0 Å². The van der Waals surface area contributed by atoms with Crippen molar-refractivity contribution in [2.24, 2.45) is 0 Å². The van der Waals surface area contributed by atoms with Crippen LogP contribution in [0.2, 0.25) is 0 Å². The number of aromatic nitrogens is 1. The van der Waals surface area contributed by atoms with E-state index in [1.54, 1.807) is 54.6 Å². The summed E-state index contributed by atoms with van der Waals surface area (Å²) in [5, 5.41) is 2.79. The molecule has 1 N–H and O–H groups in total. The molecule has 3 aromatic rings. The van der Waals surface area contributed by atoms with Gasteiger partial charge in [-0.15, -0.1) is 0 Å². The minimum Gasteiger partial charge on any atom is -0.443 e. The molecular formula is C21H18N2O3. The van der Waals surface area contributed by atoms with Crippen molar-refractivity contribution in [1.82, 2.24) is 4.98 Å². The number of benzene rings is 2. The number of amides is 1. The Kier molecular flexibility index (Phi) is 5.39. The minimum absolute atomic E-state index is 0.150. The lowest BCUT2D eigenvalue weighted by molar-refractivity contribution is -0.125. The van der Waals surface area contributed by atoms with Crippen molar-refractivity contribution in [2.75, 3.05) is 5.32 Å². The maximum absolute atomic E-state index is 12.8. The lowest BCUT2D eigenvalue weighted by Crippen LogP contribution is -2.26. The first-order chi connectivity index (χ1) is 12.6. The Labute approximate surface area is 151 Å². The zero-order chi connectivity index (χ0) is 18.4. The molecular weight excluding hydrogens is 328 g/mol. The Bertz CT molecular complexity index is 878. The number of aryl methyl sites for hydroxylation is 1. The summed E-state index contributed by atoms with van der Waals surface area (Å²) in [4.78, 5) is 29.1. The minimum atomic E-state index is -1.08. The van der Waals surface area contributed by atoms with Gasteiger partial charge >= 0.3 is 5.97 Å². The summed E-state index contributed by atoms with van der Waals surface area (Å²) < 4.78 is 5.47. The van der Waals surface area contributed by atoms with Crippen molar-refractivity contribution in [3.05, 3.63) is 95.8 Å². The monoisotopic (exact) mass is 346 g/mol. The Morgan fingerprint density at radius 2 is 1.62 bits per heavy atom. The van der Waals surface area contributed by atoms with Crippen LogP contribution in [0.3, 0.4) is 0 Å². The molecule has 5 nitrogen and oxygen atoms in total. The summed E-state index contributed by atoms with van der Waals surface area (Å²) in [5.41, 5.74) is 2.46. The average molecular weight is 346 g/mol. The molecule has 0 saturated carbocycles. The lowest BCUT2D eigenvalue weighted by Gasteiger charge is -2.18. The second-order valence-corrected chi connectivity index (χ2v) is 5.77. The Morgan fingerprint density at radius 3 is 2.27 bits per heavy atom. The summed E-state index contributed by atoms with van der Waals surface area (Å²) in [7, 11) is 0. The maximum Gasteiger partial charge on any atom is 0.358 e. The molecule has 0 unspecified atom stereocenters. The van der Waals surface area contributed by atoms with Crippen LogP contribution < -0.4 is 5.32 Å². The van der Waals surface area contributed by atoms with E-state index in [0.29, 0.717) is 11.3 Å². The number of hydrogen-bond acceptors (Lipinski definition) is 4. The second kappa shape index (κ2) is 8.07. The highest BCUT2D eigenvalue weighted by Gasteiger charge is 2.26. The molecule has 2 aromatic carbocycles. The van der Waals surface area contributed by atoms with Gasteiger partial charge in [0.05, 0.1) is 0 Å². The first kappa shape index (κ1) is 17.4. The highest BCUT2D eigenvalue weighted by molar-refractivity contribution is 5.97. The predicted octanol–water partition coefficient (Wildman–Crippen LogP) is 3.93. The summed E-state index contributed by atoms with van der Waals surface area (Å²) in [6.07, 6.45) is 0.424. The van der Waals surface area contributed by atoms with Crippen molar-refractivity contribution in [2.45, 2.75) is 13.0 Å².